The maximum Gasteiger partial charge on any atom is 0.235 e. The molecule has 0 unspecified atom stereocenters. The molecule has 9 aromatic rings. The molecule has 3 aromatic heterocycles. The Hall–Kier alpha value is -5.57. The van der Waals surface area contributed by atoms with Crippen molar-refractivity contribution >= 4 is 79.8 Å². The minimum Gasteiger partial charge on any atom is -0.309 e. The first-order chi connectivity index (χ1) is 26.5. The number of nitrogens with zero attached hydrogens (tertiary/aromatic N) is 4. The van der Waals surface area contributed by atoms with E-state index >= 15 is 0 Å². The molecule has 4 heterocycles. The van der Waals surface area contributed by atoms with E-state index in [2.05, 4.69) is 209 Å². The standard InChI is InChI=1S/C48H37IN4Si/c1-4-15-40-39(30-49)36-21-9-12-24-42(36)53(40)48-50-45(47-46(51-48)37-22-10-13-25-44(37)54(47,2)3)33-26-27-43-38(29-33)35-20-8-11-23-41(35)52(43)34-19-14-18-32(28-34)31-16-6-5-7-17-31/h4-29H,30H2,1-3H3/b15-4-. The van der Waals surface area contributed by atoms with Gasteiger partial charge in [-0.15, -0.1) is 0 Å². The molecular formula is C48H37IN4Si. The van der Waals surface area contributed by atoms with Crippen molar-refractivity contribution in [2.75, 3.05) is 0 Å². The summed E-state index contributed by atoms with van der Waals surface area (Å²) >= 11 is 2.49. The highest BCUT2D eigenvalue weighted by Crippen LogP contribution is 2.39. The van der Waals surface area contributed by atoms with Crippen molar-refractivity contribution in [1.29, 1.82) is 0 Å². The number of rotatable bonds is 6. The van der Waals surface area contributed by atoms with Gasteiger partial charge in [-0.25, -0.2) is 9.97 Å². The van der Waals surface area contributed by atoms with Crippen LogP contribution in [-0.2, 0) is 4.43 Å². The van der Waals surface area contributed by atoms with Crippen LogP contribution in [-0.4, -0.2) is 27.2 Å². The lowest BCUT2D eigenvalue weighted by Crippen LogP contribution is -2.50. The second kappa shape index (κ2) is 12.8. The summed E-state index contributed by atoms with van der Waals surface area (Å²) in [5.41, 5.74) is 14.0. The van der Waals surface area contributed by atoms with Gasteiger partial charge in [0.05, 0.1) is 33.6 Å². The molecule has 6 aromatic carbocycles. The number of benzene rings is 6. The number of fused-ring (bicyclic) bond motifs is 7. The van der Waals surface area contributed by atoms with Crippen LogP contribution in [0.3, 0.4) is 0 Å². The number of aromatic nitrogens is 4. The van der Waals surface area contributed by atoms with Crippen molar-refractivity contribution in [1.82, 2.24) is 19.1 Å². The number of hydrogen-bond donors (Lipinski definition) is 0. The lowest BCUT2D eigenvalue weighted by molar-refractivity contribution is 0.959. The Bertz CT molecular complexity index is 2970. The van der Waals surface area contributed by atoms with E-state index in [1.54, 1.807) is 0 Å². The van der Waals surface area contributed by atoms with Gasteiger partial charge in [0.2, 0.25) is 5.95 Å². The Morgan fingerprint density at radius 1 is 0.593 bits per heavy atom. The van der Waals surface area contributed by atoms with Crippen LogP contribution in [0.4, 0.5) is 0 Å². The maximum absolute atomic E-state index is 5.64. The minimum absolute atomic E-state index is 0.714. The molecule has 0 saturated carbocycles. The molecule has 0 fully saturated rings. The van der Waals surface area contributed by atoms with E-state index in [0.29, 0.717) is 5.95 Å². The summed E-state index contributed by atoms with van der Waals surface area (Å²) in [7, 11) is -2.18. The normalized spacial score (nSPS) is 13.3. The Balaban J connectivity index is 1.25. The van der Waals surface area contributed by atoms with Gasteiger partial charge in [-0.2, -0.15) is 0 Å². The third-order valence-corrected chi connectivity index (χ3v) is 15.5. The molecule has 0 radical (unpaired) electrons. The van der Waals surface area contributed by atoms with Crippen LogP contribution in [0.1, 0.15) is 18.2 Å². The molecule has 54 heavy (non-hydrogen) atoms. The molecule has 0 N–H and O–H groups in total. The number of halogens is 1. The zero-order valence-electron chi connectivity index (χ0n) is 30.4. The van der Waals surface area contributed by atoms with Gasteiger partial charge in [-0.05, 0) is 82.0 Å². The van der Waals surface area contributed by atoms with Crippen LogP contribution in [0.5, 0.6) is 0 Å². The van der Waals surface area contributed by atoms with Crippen LogP contribution < -0.4 is 10.4 Å². The molecule has 6 heteroatoms. The molecule has 0 saturated heterocycles. The smallest absolute Gasteiger partial charge is 0.235 e. The molecule has 1 aliphatic heterocycles. The number of hydrogen-bond acceptors (Lipinski definition) is 2. The van der Waals surface area contributed by atoms with Gasteiger partial charge in [0.15, 0.2) is 0 Å². The van der Waals surface area contributed by atoms with Gasteiger partial charge in [0, 0.05) is 31.8 Å². The average molecular weight is 825 g/mol. The van der Waals surface area contributed by atoms with E-state index in [1.807, 2.05) is 0 Å². The van der Waals surface area contributed by atoms with Crippen LogP contribution in [0.2, 0.25) is 13.1 Å². The zero-order valence-corrected chi connectivity index (χ0v) is 33.5. The molecule has 0 aliphatic carbocycles. The molecule has 10 rings (SSSR count). The fourth-order valence-electron chi connectivity index (χ4n) is 8.78. The van der Waals surface area contributed by atoms with Crippen LogP contribution >= 0.6 is 22.6 Å². The lowest BCUT2D eigenvalue weighted by atomic mass is 10.0. The second-order valence-electron chi connectivity index (χ2n) is 14.6. The van der Waals surface area contributed by atoms with Crippen molar-refractivity contribution in [3.63, 3.8) is 0 Å². The monoisotopic (exact) mass is 824 g/mol. The summed E-state index contributed by atoms with van der Waals surface area (Å²) in [5.74, 6) is 0.714. The van der Waals surface area contributed by atoms with Crippen molar-refractivity contribution in [2.45, 2.75) is 24.4 Å². The summed E-state index contributed by atoms with van der Waals surface area (Å²) in [4.78, 5) is 11.2. The third-order valence-electron chi connectivity index (χ3n) is 11.2. The van der Waals surface area contributed by atoms with Gasteiger partial charge in [-0.3, -0.25) is 4.57 Å². The van der Waals surface area contributed by atoms with Crippen molar-refractivity contribution in [3.8, 4) is 45.3 Å². The fourth-order valence-corrected chi connectivity index (χ4v) is 12.8. The maximum atomic E-state index is 5.64. The molecule has 0 atom stereocenters. The first-order valence-electron chi connectivity index (χ1n) is 18.5. The average Bonchev–Trinajstić information content (AvgIpc) is 3.80. The number of para-hydroxylation sites is 2. The zero-order chi connectivity index (χ0) is 36.6. The molecule has 1 aliphatic rings. The van der Waals surface area contributed by atoms with E-state index in [9.17, 15) is 0 Å². The summed E-state index contributed by atoms with van der Waals surface area (Å²) in [6, 6.07) is 52.8. The predicted octanol–water partition coefficient (Wildman–Crippen LogP) is 11.6. The topological polar surface area (TPSA) is 35.6 Å². The SMILES string of the molecule is C/C=C\c1c(CI)c2ccccc2n1-c1nc(-c2ccc3c(c2)c2ccccc2n3-c2cccc(-c3ccccc3)c2)c2c(n1)-c1ccccc1[Si]2(C)C. The number of allylic oxidation sites excluding steroid dienone is 1. The van der Waals surface area contributed by atoms with Crippen LogP contribution in [0, 0.1) is 0 Å². The Labute approximate surface area is 329 Å². The third kappa shape index (κ3) is 4.93. The highest BCUT2D eigenvalue weighted by molar-refractivity contribution is 14.1. The first-order valence-corrected chi connectivity index (χ1v) is 23.0. The highest BCUT2D eigenvalue weighted by Gasteiger charge is 2.42. The molecule has 0 spiro atoms. The summed E-state index contributed by atoms with van der Waals surface area (Å²) in [5, 5.41) is 6.41. The van der Waals surface area contributed by atoms with E-state index in [4.69, 9.17) is 9.97 Å². The summed E-state index contributed by atoms with van der Waals surface area (Å²) in [6.45, 7) is 7.00. The van der Waals surface area contributed by atoms with E-state index in [1.165, 1.54) is 59.8 Å². The summed E-state index contributed by atoms with van der Waals surface area (Å²) in [6.07, 6.45) is 4.34. The largest absolute Gasteiger partial charge is 0.309 e. The van der Waals surface area contributed by atoms with Crippen LogP contribution in [0.15, 0.2) is 152 Å². The van der Waals surface area contributed by atoms with Gasteiger partial charge in [-0.1, -0.05) is 151 Å². The van der Waals surface area contributed by atoms with Gasteiger partial charge >= 0.3 is 0 Å². The van der Waals surface area contributed by atoms with E-state index < -0.39 is 8.07 Å². The Kier molecular flexibility index (Phi) is 7.82. The fraction of sp³-hybridized carbons (Fsp3) is 0.0833. The Morgan fingerprint density at radius 3 is 2.06 bits per heavy atom. The lowest BCUT2D eigenvalue weighted by Gasteiger charge is -2.22. The first kappa shape index (κ1) is 33.0. The van der Waals surface area contributed by atoms with Gasteiger partial charge in [0.25, 0.3) is 0 Å². The van der Waals surface area contributed by atoms with Gasteiger partial charge in [0.1, 0.15) is 8.07 Å². The summed E-state index contributed by atoms with van der Waals surface area (Å²) < 4.78 is 5.58. The predicted molar refractivity (Wildman–Crippen MR) is 239 cm³/mol. The molecule has 0 amide bonds. The van der Waals surface area contributed by atoms with E-state index in [-0.39, 0.29) is 0 Å². The van der Waals surface area contributed by atoms with Gasteiger partial charge < -0.3 is 4.57 Å². The molecular weight excluding hydrogens is 788 g/mol. The molecule has 260 valence electrons. The van der Waals surface area contributed by atoms with Crippen LogP contribution in [0.25, 0.3) is 84.1 Å². The quantitative estimate of drug-likeness (QED) is 0.0951. The van der Waals surface area contributed by atoms with Crippen molar-refractivity contribution in [2.24, 2.45) is 0 Å². The van der Waals surface area contributed by atoms with Crippen molar-refractivity contribution in [3.05, 3.63) is 163 Å². The second-order valence-corrected chi connectivity index (χ2v) is 19.7. The minimum atomic E-state index is -2.18. The highest BCUT2D eigenvalue weighted by atomic mass is 127. The number of alkyl halides is 1. The Morgan fingerprint density at radius 2 is 1.26 bits per heavy atom. The molecule has 4 nitrogen and oxygen atoms in total. The molecule has 0 bridgehead atoms. The van der Waals surface area contributed by atoms with Crippen molar-refractivity contribution < 1.29 is 0 Å². The van der Waals surface area contributed by atoms with E-state index in [0.717, 1.165) is 38.3 Å².